The Morgan fingerprint density at radius 1 is 1.11 bits per heavy atom. The van der Waals surface area contributed by atoms with Gasteiger partial charge in [0.05, 0.1) is 23.5 Å². The number of nitrogens with zero attached hydrogens (tertiary/aromatic N) is 3. The van der Waals surface area contributed by atoms with Gasteiger partial charge in [-0.15, -0.1) is 17.9 Å². The summed E-state index contributed by atoms with van der Waals surface area (Å²) in [6.45, 7) is 5.62. The zero-order chi connectivity index (χ0) is 20.1. The van der Waals surface area contributed by atoms with Crippen LogP contribution in [0, 0.1) is 0 Å². The molecule has 0 spiro atoms. The van der Waals surface area contributed by atoms with Gasteiger partial charge in [-0.05, 0) is 13.0 Å². The smallest absolute Gasteiger partial charge is 0.253 e. The van der Waals surface area contributed by atoms with Crippen molar-refractivity contribution in [3.63, 3.8) is 0 Å². The van der Waals surface area contributed by atoms with Gasteiger partial charge in [0.1, 0.15) is 0 Å². The molecule has 2 aromatic carbocycles. The van der Waals surface area contributed by atoms with Crippen molar-refractivity contribution in [1.82, 2.24) is 4.68 Å². The van der Waals surface area contributed by atoms with Gasteiger partial charge >= 0.3 is 6.18 Å². The van der Waals surface area contributed by atoms with Crippen molar-refractivity contribution in [2.24, 2.45) is 10.1 Å². The van der Waals surface area contributed by atoms with E-state index in [1.54, 1.807) is 23.7 Å². The lowest BCUT2D eigenvalue weighted by molar-refractivity contribution is -0.137. The van der Waals surface area contributed by atoms with Crippen LogP contribution in [0.25, 0.3) is 11.3 Å². The fourth-order valence-electron chi connectivity index (χ4n) is 2.70. The third kappa shape index (κ3) is 4.31. The summed E-state index contributed by atoms with van der Waals surface area (Å²) in [5.41, 5.74) is 1.25. The second-order valence-corrected chi connectivity index (χ2v) is 6.78. The molecule has 0 N–H and O–H groups in total. The van der Waals surface area contributed by atoms with Crippen molar-refractivity contribution in [2.45, 2.75) is 13.1 Å². The van der Waals surface area contributed by atoms with Gasteiger partial charge < -0.3 is 0 Å². The number of alkyl halides is 3. The summed E-state index contributed by atoms with van der Waals surface area (Å²) in [6.07, 6.45) is -2.80. The molecule has 3 aromatic rings. The van der Waals surface area contributed by atoms with Crippen LogP contribution in [0.3, 0.4) is 0 Å². The minimum absolute atomic E-state index is 0.0439. The molecule has 0 atom stereocenters. The summed E-state index contributed by atoms with van der Waals surface area (Å²) in [5, 5.41) is 6.40. The number of thiazole rings is 1. The van der Waals surface area contributed by atoms with Crippen LogP contribution in [0.15, 0.2) is 82.7 Å². The van der Waals surface area contributed by atoms with E-state index in [1.807, 2.05) is 35.7 Å². The van der Waals surface area contributed by atoms with E-state index in [0.29, 0.717) is 11.3 Å². The number of halogens is 3. The van der Waals surface area contributed by atoms with Gasteiger partial charge in [-0.1, -0.05) is 54.6 Å². The Labute approximate surface area is 164 Å². The Morgan fingerprint density at radius 3 is 2.46 bits per heavy atom. The first kappa shape index (κ1) is 19.8. The summed E-state index contributed by atoms with van der Waals surface area (Å²) in [6, 6.07) is 15.0. The summed E-state index contributed by atoms with van der Waals surface area (Å²) in [7, 11) is 0. The van der Waals surface area contributed by atoms with Crippen LogP contribution in [0.2, 0.25) is 0 Å². The Morgan fingerprint density at radius 2 is 1.79 bits per heavy atom. The molecule has 1 aromatic heterocycles. The largest absolute Gasteiger partial charge is 0.417 e. The monoisotopic (exact) mass is 401 g/mol. The molecule has 1 heterocycles. The number of aromatic nitrogens is 1. The van der Waals surface area contributed by atoms with Crippen LogP contribution < -0.4 is 4.80 Å². The number of benzene rings is 2. The summed E-state index contributed by atoms with van der Waals surface area (Å²) >= 11 is 1.38. The summed E-state index contributed by atoms with van der Waals surface area (Å²) in [4.78, 5) is 5.01. The molecule has 3 nitrogen and oxygen atoms in total. The molecule has 144 valence electrons. The molecule has 0 fully saturated rings. The van der Waals surface area contributed by atoms with E-state index in [1.165, 1.54) is 23.5 Å². The van der Waals surface area contributed by atoms with Crippen LogP contribution in [-0.4, -0.2) is 16.9 Å². The molecule has 0 unspecified atom stereocenters. The maximum Gasteiger partial charge on any atom is 0.417 e. The quantitative estimate of drug-likeness (QED) is 0.394. The Balaban J connectivity index is 2.18. The predicted octanol–water partition coefficient (Wildman–Crippen LogP) is 5.59. The number of hydrogen-bond donors (Lipinski definition) is 0. The minimum atomic E-state index is -4.45. The van der Waals surface area contributed by atoms with E-state index in [9.17, 15) is 13.2 Å². The Kier molecular flexibility index (Phi) is 5.94. The van der Waals surface area contributed by atoms with Crippen LogP contribution in [0.1, 0.15) is 18.1 Å². The standard InChI is InChI=1S/C21H18F3N3S/c1-3-13-25-20-27(19(14-28-20)16-9-5-4-6-10-16)26-15(2)17-11-7-8-12-18(17)21(22,23)24/h3-12,14H,1,13H2,2H3/b25-20?,26-15-. The van der Waals surface area contributed by atoms with Crippen molar-refractivity contribution >= 4 is 17.0 Å². The van der Waals surface area contributed by atoms with Crippen molar-refractivity contribution in [1.29, 1.82) is 0 Å². The molecular weight excluding hydrogens is 383 g/mol. The second kappa shape index (κ2) is 8.39. The molecule has 7 heteroatoms. The molecule has 0 saturated heterocycles. The third-order valence-electron chi connectivity index (χ3n) is 3.98. The highest BCUT2D eigenvalue weighted by Crippen LogP contribution is 2.32. The second-order valence-electron chi connectivity index (χ2n) is 5.94. The molecule has 0 radical (unpaired) electrons. The van der Waals surface area contributed by atoms with Crippen LogP contribution in [0.5, 0.6) is 0 Å². The molecular formula is C21H18F3N3S. The first-order valence-electron chi connectivity index (χ1n) is 8.51. The fourth-order valence-corrected chi connectivity index (χ4v) is 3.54. The fraction of sp³-hybridized carbons (Fsp3) is 0.143. The highest BCUT2D eigenvalue weighted by molar-refractivity contribution is 7.07. The molecule has 0 bridgehead atoms. The normalized spacial score (nSPS) is 13.0. The highest BCUT2D eigenvalue weighted by atomic mass is 32.1. The highest BCUT2D eigenvalue weighted by Gasteiger charge is 2.33. The van der Waals surface area contributed by atoms with Crippen LogP contribution in [0.4, 0.5) is 13.2 Å². The average Bonchev–Trinajstić information content (AvgIpc) is 3.08. The van der Waals surface area contributed by atoms with Crippen molar-refractivity contribution in [3.8, 4) is 11.3 Å². The molecule has 28 heavy (non-hydrogen) atoms. The van der Waals surface area contributed by atoms with Gasteiger partial charge in [0, 0.05) is 16.5 Å². The van der Waals surface area contributed by atoms with E-state index in [-0.39, 0.29) is 11.3 Å². The maximum atomic E-state index is 13.4. The van der Waals surface area contributed by atoms with E-state index < -0.39 is 11.7 Å². The SMILES string of the molecule is C=CCN=c1scc(-c2ccccc2)n1/N=C(/C)c1ccccc1C(F)(F)F. The molecule has 0 amide bonds. The van der Waals surface area contributed by atoms with Crippen LogP contribution >= 0.6 is 11.3 Å². The average molecular weight is 401 g/mol. The zero-order valence-corrected chi connectivity index (χ0v) is 16.0. The third-order valence-corrected chi connectivity index (χ3v) is 4.84. The Bertz CT molecular complexity index is 1060. The predicted molar refractivity (Wildman–Crippen MR) is 107 cm³/mol. The first-order valence-corrected chi connectivity index (χ1v) is 9.39. The van der Waals surface area contributed by atoms with Crippen molar-refractivity contribution < 1.29 is 13.2 Å². The van der Waals surface area contributed by atoms with Gasteiger partial charge in [0.15, 0.2) is 0 Å². The molecule has 0 aliphatic heterocycles. The van der Waals surface area contributed by atoms with E-state index in [2.05, 4.69) is 16.7 Å². The minimum Gasteiger partial charge on any atom is -0.253 e. The van der Waals surface area contributed by atoms with E-state index >= 15 is 0 Å². The Hall–Kier alpha value is -2.93. The molecule has 3 rings (SSSR count). The summed E-state index contributed by atoms with van der Waals surface area (Å²) < 4.78 is 41.8. The van der Waals surface area contributed by atoms with Crippen LogP contribution in [-0.2, 0) is 6.18 Å². The maximum absolute atomic E-state index is 13.4. The van der Waals surface area contributed by atoms with Gasteiger partial charge in [-0.2, -0.15) is 18.3 Å². The first-order chi connectivity index (χ1) is 13.4. The van der Waals surface area contributed by atoms with E-state index in [4.69, 9.17) is 0 Å². The number of rotatable bonds is 5. The van der Waals surface area contributed by atoms with Gasteiger partial charge in [-0.3, -0.25) is 4.99 Å². The lowest BCUT2D eigenvalue weighted by atomic mass is 10.0. The van der Waals surface area contributed by atoms with Crippen molar-refractivity contribution in [3.05, 3.63) is 88.6 Å². The van der Waals surface area contributed by atoms with Gasteiger partial charge in [0.25, 0.3) is 0 Å². The topological polar surface area (TPSA) is 29.6 Å². The number of hydrogen-bond acceptors (Lipinski definition) is 3. The lowest BCUT2D eigenvalue weighted by Gasteiger charge is -2.13. The van der Waals surface area contributed by atoms with Gasteiger partial charge in [-0.25, -0.2) is 4.68 Å². The van der Waals surface area contributed by atoms with Gasteiger partial charge in [0.2, 0.25) is 4.80 Å². The zero-order valence-electron chi connectivity index (χ0n) is 15.1. The van der Waals surface area contributed by atoms with Crippen molar-refractivity contribution in [2.75, 3.05) is 6.54 Å². The molecule has 0 saturated carbocycles. The van der Waals surface area contributed by atoms with E-state index in [0.717, 1.165) is 17.3 Å². The molecule has 0 aliphatic rings. The molecule has 0 aliphatic carbocycles. The summed E-state index contributed by atoms with van der Waals surface area (Å²) in [5.74, 6) is 0. The lowest BCUT2D eigenvalue weighted by Crippen LogP contribution is -2.17.